The molecule has 0 atom stereocenters. The van der Waals surface area contributed by atoms with Crippen molar-refractivity contribution in [3.63, 3.8) is 0 Å². The van der Waals surface area contributed by atoms with Gasteiger partial charge in [-0.05, 0) is 46.2 Å². The molecule has 19 heavy (non-hydrogen) atoms. The van der Waals surface area contributed by atoms with Gasteiger partial charge in [-0.2, -0.15) is 5.26 Å². The molecule has 0 saturated heterocycles. The summed E-state index contributed by atoms with van der Waals surface area (Å²) in [7, 11) is 6.05. The first-order chi connectivity index (χ1) is 8.96. The Morgan fingerprint density at radius 2 is 1.68 bits per heavy atom. The van der Waals surface area contributed by atoms with Crippen LogP contribution in [0.4, 0.5) is 0 Å². The summed E-state index contributed by atoms with van der Waals surface area (Å²) in [5.74, 6) is 0.0422. The Balaban J connectivity index is 2.05. The molecule has 0 radical (unpaired) electrons. The molecule has 0 N–H and O–H groups in total. The number of hydrogen-bond donors (Lipinski definition) is 0. The molecule has 0 aromatic rings. The molecular weight excluding hydrogens is 238 g/mol. The van der Waals surface area contributed by atoms with Crippen molar-refractivity contribution in [3.05, 3.63) is 0 Å². The Kier molecular flexibility index (Phi) is 3.87. The van der Waals surface area contributed by atoms with E-state index in [1.807, 2.05) is 11.9 Å². The lowest BCUT2D eigenvalue weighted by Crippen LogP contribution is -2.58. The second kappa shape index (κ2) is 5.13. The van der Waals surface area contributed by atoms with Crippen LogP contribution in [0.15, 0.2) is 0 Å². The average molecular weight is 263 g/mol. The predicted molar refractivity (Wildman–Crippen MR) is 74.4 cm³/mol. The predicted octanol–water partition coefficient (Wildman–Crippen LogP) is 2.01. The van der Waals surface area contributed by atoms with Gasteiger partial charge >= 0.3 is 0 Å². The summed E-state index contributed by atoms with van der Waals surface area (Å²) in [5, 5.41) is 9.41. The summed E-state index contributed by atoms with van der Waals surface area (Å²) in [4.78, 5) is 16.7. The van der Waals surface area contributed by atoms with Crippen molar-refractivity contribution in [2.75, 3.05) is 27.7 Å². The Morgan fingerprint density at radius 1 is 1.11 bits per heavy atom. The highest BCUT2D eigenvalue weighted by molar-refractivity contribution is 5.85. The minimum Gasteiger partial charge on any atom is -0.343 e. The first kappa shape index (κ1) is 14.3. The van der Waals surface area contributed by atoms with Crippen LogP contribution in [0.2, 0.25) is 0 Å². The van der Waals surface area contributed by atoms with E-state index >= 15 is 0 Å². The smallest absolute Gasteiger partial charge is 0.242 e. The van der Waals surface area contributed by atoms with E-state index in [2.05, 4.69) is 25.1 Å². The fourth-order valence-electron chi connectivity index (χ4n) is 3.56. The van der Waals surface area contributed by atoms with Gasteiger partial charge in [0.05, 0.1) is 6.07 Å². The van der Waals surface area contributed by atoms with Gasteiger partial charge in [0, 0.05) is 19.1 Å². The fraction of sp³-hybridized carbons (Fsp3) is 0.867. The molecule has 2 aliphatic carbocycles. The Hall–Kier alpha value is -1.08. The van der Waals surface area contributed by atoms with E-state index in [-0.39, 0.29) is 11.4 Å². The summed E-state index contributed by atoms with van der Waals surface area (Å²) >= 11 is 0. The zero-order valence-corrected chi connectivity index (χ0v) is 12.4. The third-order valence-electron chi connectivity index (χ3n) is 5.19. The number of carbonyl (C=O) groups is 1. The minimum atomic E-state index is -0.730. The monoisotopic (exact) mass is 263 g/mol. The maximum atomic E-state index is 12.6. The third kappa shape index (κ3) is 2.36. The van der Waals surface area contributed by atoms with Crippen LogP contribution in [-0.2, 0) is 4.79 Å². The lowest BCUT2D eigenvalue weighted by molar-refractivity contribution is -0.140. The maximum absolute atomic E-state index is 12.6. The van der Waals surface area contributed by atoms with Gasteiger partial charge in [-0.1, -0.05) is 12.8 Å². The van der Waals surface area contributed by atoms with Crippen molar-refractivity contribution in [2.24, 2.45) is 5.41 Å². The van der Waals surface area contributed by atoms with Gasteiger partial charge in [0.15, 0.2) is 0 Å². The maximum Gasteiger partial charge on any atom is 0.242 e. The standard InChI is InChI=1S/C15H25N3O/c1-17(2)15(9-6-10-15)12-18(3)13(19)14(11-16)7-4-5-8-14/h4-10,12H2,1-3H3. The Morgan fingerprint density at radius 3 is 2.05 bits per heavy atom. The summed E-state index contributed by atoms with van der Waals surface area (Å²) in [6.45, 7) is 0.752. The van der Waals surface area contributed by atoms with E-state index in [0.717, 1.165) is 45.1 Å². The van der Waals surface area contributed by atoms with Gasteiger partial charge in [-0.15, -0.1) is 0 Å². The first-order valence-electron chi connectivity index (χ1n) is 7.30. The molecule has 106 valence electrons. The molecule has 4 nitrogen and oxygen atoms in total. The molecule has 0 aromatic heterocycles. The number of carbonyl (C=O) groups excluding carboxylic acids is 1. The number of nitrogens with zero attached hydrogens (tertiary/aromatic N) is 3. The zero-order valence-electron chi connectivity index (χ0n) is 12.4. The molecule has 0 heterocycles. The zero-order chi connectivity index (χ0) is 14.1. The van der Waals surface area contributed by atoms with E-state index in [4.69, 9.17) is 0 Å². The normalized spacial score (nSPS) is 23.7. The first-order valence-corrected chi connectivity index (χ1v) is 7.30. The van der Waals surface area contributed by atoms with Crippen LogP contribution in [0.3, 0.4) is 0 Å². The fourth-order valence-corrected chi connectivity index (χ4v) is 3.56. The van der Waals surface area contributed by atoms with Gasteiger partial charge < -0.3 is 9.80 Å². The number of hydrogen-bond acceptors (Lipinski definition) is 3. The van der Waals surface area contributed by atoms with E-state index in [9.17, 15) is 10.1 Å². The van der Waals surface area contributed by atoms with E-state index in [1.165, 1.54) is 6.42 Å². The molecule has 4 heteroatoms. The number of likely N-dealkylation sites (N-methyl/N-ethyl adjacent to an activating group) is 2. The topological polar surface area (TPSA) is 47.3 Å². The van der Waals surface area contributed by atoms with Crippen LogP contribution in [0.5, 0.6) is 0 Å². The van der Waals surface area contributed by atoms with Gasteiger partial charge in [0.1, 0.15) is 5.41 Å². The van der Waals surface area contributed by atoms with Crippen LogP contribution in [-0.4, -0.2) is 48.9 Å². The number of rotatable bonds is 4. The molecule has 1 amide bonds. The van der Waals surface area contributed by atoms with E-state index in [1.54, 1.807) is 0 Å². The summed E-state index contributed by atoms with van der Waals surface area (Å²) in [6, 6.07) is 2.30. The molecule has 0 bridgehead atoms. The molecule has 0 aliphatic heterocycles. The Bertz CT molecular complexity index is 387. The number of nitriles is 1. The van der Waals surface area contributed by atoms with Crippen molar-refractivity contribution in [1.29, 1.82) is 5.26 Å². The highest BCUT2D eigenvalue weighted by Gasteiger charge is 2.46. The molecule has 0 spiro atoms. The minimum absolute atomic E-state index is 0.0422. The van der Waals surface area contributed by atoms with Gasteiger partial charge in [-0.3, -0.25) is 4.79 Å². The summed E-state index contributed by atoms with van der Waals surface area (Å²) in [6.07, 6.45) is 7.03. The second-order valence-electron chi connectivity index (χ2n) is 6.53. The highest BCUT2D eigenvalue weighted by atomic mass is 16.2. The van der Waals surface area contributed by atoms with Crippen LogP contribution in [0.1, 0.15) is 44.9 Å². The largest absolute Gasteiger partial charge is 0.343 e. The van der Waals surface area contributed by atoms with E-state index < -0.39 is 5.41 Å². The van der Waals surface area contributed by atoms with Crippen molar-refractivity contribution >= 4 is 5.91 Å². The highest BCUT2D eigenvalue weighted by Crippen LogP contribution is 2.41. The van der Waals surface area contributed by atoms with Crippen molar-refractivity contribution in [3.8, 4) is 6.07 Å². The summed E-state index contributed by atoms with van der Waals surface area (Å²) in [5.41, 5.74) is -0.592. The van der Waals surface area contributed by atoms with Gasteiger partial charge in [-0.25, -0.2) is 0 Å². The van der Waals surface area contributed by atoms with Crippen LogP contribution in [0, 0.1) is 16.7 Å². The van der Waals surface area contributed by atoms with Crippen LogP contribution in [0.25, 0.3) is 0 Å². The molecule has 2 fully saturated rings. The van der Waals surface area contributed by atoms with Crippen molar-refractivity contribution < 1.29 is 4.79 Å². The molecule has 0 unspecified atom stereocenters. The SMILES string of the molecule is CN(CC1(N(C)C)CCC1)C(=O)C1(C#N)CCCC1. The van der Waals surface area contributed by atoms with Crippen LogP contribution < -0.4 is 0 Å². The van der Waals surface area contributed by atoms with Crippen LogP contribution >= 0.6 is 0 Å². The third-order valence-corrected chi connectivity index (χ3v) is 5.19. The molecule has 2 rings (SSSR count). The second-order valence-corrected chi connectivity index (χ2v) is 6.53. The molecule has 0 aromatic carbocycles. The Labute approximate surface area is 116 Å². The van der Waals surface area contributed by atoms with E-state index in [0.29, 0.717) is 0 Å². The number of amides is 1. The summed E-state index contributed by atoms with van der Waals surface area (Å²) < 4.78 is 0. The quantitative estimate of drug-likeness (QED) is 0.779. The van der Waals surface area contributed by atoms with Crippen molar-refractivity contribution in [2.45, 2.75) is 50.5 Å². The lowest BCUT2D eigenvalue weighted by atomic mass is 9.75. The van der Waals surface area contributed by atoms with Crippen molar-refractivity contribution in [1.82, 2.24) is 9.80 Å². The molecule has 2 saturated carbocycles. The lowest BCUT2D eigenvalue weighted by Gasteiger charge is -2.49. The van der Waals surface area contributed by atoms with Gasteiger partial charge in [0.2, 0.25) is 5.91 Å². The van der Waals surface area contributed by atoms with Gasteiger partial charge in [0.25, 0.3) is 0 Å². The molecule has 2 aliphatic rings. The molecular formula is C15H25N3O. The average Bonchev–Trinajstić information content (AvgIpc) is 2.81.